The Morgan fingerprint density at radius 2 is 1.94 bits per heavy atom. The second kappa shape index (κ2) is 4.82. The zero-order chi connectivity index (χ0) is 13.2. The van der Waals surface area contributed by atoms with Gasteiger partial charge in [-0.15, -0.1) is 4.83 Å². The maximum absolute atomic E-state index is 11.9. The highest BCUT2D eigenvalue weighted by molar-refractivity contribution is 7.89. The predicted octanol–water partition coefficient (Wildman–Crippen LogP) is 0.448. The van der Waals surface area contributed by atoms with Gasteiger partial charge in [-0.25, -0.2) is 18.2 Å². The maximum Gasteiger partial charge on any atom is 0.335 e. The summed E-state index contributed by atoms with van der Waals surface area (Å²) in [6.45, 7) is 1.61. The lowest BCUT2D eigenvalue weighted by molar-refractivity contribution is 0.0696. The number of carboxylic acids is 1. The number of hydrogen-bond acceptors (Lipinski definition) is 4. The van der Waals surface area contributed by atoms with Crippen molar-refractivity contribution in [2.24, 2.45) is 0 Å². The van der Waals surface area contributed by atoms with E-state index >= 15 is 0 Å². The van der Waals surface area contributed by atoms with Crippen LogP contribution in [0.2, 0.25) is 0 Å². The van der Waals surface area contributed by atoms with Crippen LogP contribution in [0.15, 0.2) is 23.1 Å². The maximum atomic E-state index is 11.9. The lowest BCUT2D eigenvalue weighted by Gasteiger charge is -2.14. The van der Waals surface area contributed by atoms with E-state index in [0.29, 0.717) is 5.56 Å². The number of hydrogen-bond donors (Lipinski definition) is 2. The first-order chi connectivity index (χ1) is 7.74. The number of carboxylic acid groups (broad SMARTS) is 1. The molecule has 0 unspecified atom stereocenters. The van der Waals surface area contributed by atoms with Crippen molar-refractivity contribution in [1.82, 2.24) is 9.84 Å². The lowest BCUT2D eigenvalue weighted by atomic mass is 10.1. The monoisotopic (exact) mass is 258 g/mol. The van der Waals surface area contributed by atoms with Crippen molar-refractivity contribution in [1.29, 1.82) is 0 Å². The van der Waals surface area contributed by atoms with Crippen molar-refractivity contribution in [3.8, 4) is 0 Å². The summed E-state index contributed by atoms with van der Waals surface area (Å²) < 4.78 is 23.8. The van der Waals surface area contributed by atoms with Gasteiger partial charge in [-0.3, -0.25) is 0 Å². The molecule has 2 N–H and O–H groups in total. The molecule has 0 saturated carbocycles. The zero-order valence-electron chi connectivity index (χ0n) is 9.76. The second-order valence-corrected chi connectivity index (χ2v) is 5.40. The smallest absolute Gasteiger partial charge is 0.335 e. The standard InChI is InChI=1S/C10H14N2O4S/c1-7-4-5-8(10(13)14)6-9(7)17(15,16)11-12(2)3/h4-6,11H,1-3H3,(H,13,14). The van der Waals surface area contributed by atoms with Crippen molar-refractivity contribution in [2.45, 2.75) is 11.8 Å². The molecule has 0 saturated heterocycles. The molecule has 0 radical (unpaired) electrons. The van der Waals surface area contributed by atoms with E-state index in [1.165, 1.54) is 31.2 Å². The molecule has 0 aliphatic rings. The highest BCUT2D eigenvalue weighted by Gasteiger charge is 2.19. The highest BCUT2D eigenvalue weighted by atomic mass is 32.2. The number of benzene rings is 1. The largest absolute Gasteiger partial charge is 0.478 e. The van der Waals surface area contributed by atoms with E-state index in [1.54, 1.807) is 6.92 Å². The zero-order valence-corrected chi connectivity index (χ0v) is 10.6. The van der Waals surface area contributed by atoms with Crippen molar-refractivity contribution in [3.63, 3.8) is 0 Å². The Morgan fingerprint density at radius 1 is 1.35 bits per heavy atom. The van der Waals surface area contributed by atoms with Gasteiger partial charge in [0.05, 0.1) is 10.5 Å². The Labute approximate surface area is 99.9 Å². The Hall–Kier alpha value is -1.44. The molecular formula is C10H14N2O4S. The van der Waals surface area contributed by atoms with E-state index in [0.717, 1.165) is 6.07 Å². The van der Waals surface area contributed by atoms with Crippen LogP contribution < -0.4 is 4.83 Å². The van der Waals surface area contributed by atoms with Gasteiger partial charge >= 0.3 is 5.97 Å². The Bertz CT molecular complexity index is 537. The van der Waals surface area contributed by atoms with Crippen LogP contribution in [0.5, 0.6) is 0 Å². The Balaban J connectivity index is 3.30. The average Bonchev–Trinajstić information content (AvgIpc) is 2.15. The van der Waals surface area contributed by atoms with Crippen LogP contribution in [-0.2, 0) is 10.0 Å². The van der Waals surface area contributed by atoms with Gasteiger partial charge in [0.25, 0.3) is 10.0 Å². The van der Waals surface area contributed by atoms with E-state index in [-0.39, 0.29) is 10.5 Å². The van der Waals surface area contributed by atoms with Crippen LogP contribution >= 0.6 is 0 Å². The van der Waals surface area contributed by atoms with Crippen LogP contribution in [-0.4, -0.2) is 38.6 Å². The van der Waals surface area contributed by atoms with Gasteiger partial charge < -0.3 is 5.11 Å². The molecule has 0 aliphatic heterocycles. The average molecular weight is 258 g/mol. The molecule has 0 bridgehead atoms. The fourth-order valence-electron chi connectivity index (χ4n) is 1.31. The van der Waals surface area contributed by atoms with Crippen LogP contribution in [0.25, 0.3) is 0 Å². The number of nitrogens with zero attached hydrogens (tertiary/aromatic N) is 1. The van der Waals surface area contributed by atoms with E-state index in [1.807, 2.05) is 0 Å². The van der Waals surface area contributed by atoms with E-state index in [2.05, 4.69) is 4.83 Å². The van der Waals surface area contributed by atoms with E-state index < -0.39 is 16.0 Å². The molecule has 94 valence electrons. The third-order valence-electron chi connectivity index (χ3n) is 2.03. The number of nitrogens with one attached hydrogen (secondary N) is 1. The Morgan fingerprint density at radius 3 is 2.41 bits per heavy atom. The SMILES string of the molecule is Cc1ccc(C(=O)O)cc1S(=O)(=O)NN(C)C. The minimum absolute atomic E-state index is 0.0360. The van der Waals surface area contributed by atoms with Crippen molar-refractivity contribution >= 4 is 16.0 Å². The Kier molecular flexibility index (Phi) is 3.87. The summed E-state index contributed by atoms with van der Waals surface area (Å²) >= 11 is 0. The molecule has 1 aromatic rings. The summed E-state index contributed by atoms with van der Waals surface area (Å²) in [6, 6.07) is 3.98. The van der Waals surface area contributed by atoms with Gasteiger partial charge in [0.1, 0.15) is 0 Å². The van der Waals surface area contributed by atoms with Gasteiger partial charge in [0.15, 0.2) is 0 Å². The van der Waals surface area contributed by atoms with Crippen LogP contribution in [0.1, 0.15) is 15.9 Å². The van der Waals surface area contributed by atoms with Gasteiger partial charge in [0, 0.05) is 14.1 Å². The number of carbonyl (C=O) groups is 1. The third-order valence-corrected chi connectivity index (χ3v) is 3.65. The molecular weight excluding hydrogens is 244 g/mol. The summed E-state index contributed by atoms with van der Waals surface area (Å²) in [4.78, 5) is 13.0. The van der Waals surface area contributed by atoms with E-state index in [4.69, 9.17) is 5.11 Å². The molecule has 1 rings (SSSR count). The van der Waals surface area contributed by atoms with Crippen molar-refractivity contribution in [2.75, 3.05) is 14.1 Å². The van der Waals surface area contributed by atoms with Crippen LogP contribution in [0, 0.1) is 6.92 Å². The second-order valence-electron chi connectivity index (χ2n) is 3.77. The summed E-state index contributed by atoms with van der Waals surface area (Å²) in [5, 5.41) is 10.1. The lowest BCUT2D eigenvalue weighted by Crippen LogP contribution is -2.36. The van der Waals surface area contributed by atoms with Gasteiger partial charge in [-0.1, -0.05) is 6.07 Å². The molecule has 0 amide bonds. The van der Waals surface area contributed by atoms with Gasteiger partial charge in [-0.2, -0.15) is 0 Å². The summed E-state index contributed by atoms with van der Waals surface area (Å²) in [5.41, 5.74) is 0.430. The normalized spacial score (nSPS) is 11.8. The topological polar surface area (TPSA) is 86.7 Å². The minimum Gasteiger partial charge on any atom is -0.478 e. The number of hydrazine groups is 1. The van der Waals surface area contributed by atoms with E-state index in [9.17, 15) is 13.2 Å². The number of rotatable bonds is 4. The first-order valence-electron chi connectivity index (χ1n) is 4.78. The fraction of sp³-hybridized carbons (Fsp3) is 0.300. The van der Waals surface area contributed by atoms with Gasteiger partial charge in [0.2, 0.25) is 0 Å². The van der Waals surface area contributed by atoms with Crippen molar-refractivity contribution < 1.29 is 18.3 Å². The predicted molar refractivity (Wildman–Crippen MR) is 62.1 cm³/mol. The molecule has 6 nitrogen and oxygen atoms in total. The van der Waals surface area contributed by atoms with Gasteiger partial charge in [-0.05, 0) is 24.6 Å². The molecule has 0 fully saturated rings. The molecule has 1 aromatic carbocycles. The molecule has 0 spiro atoms. The molecule has 0 heterocycles. The third kappa shape index (κ3) is 3.26. The molecule has 17 heavy (non-hydrogen) atoms. The quantitative estimate of drug-likeness (QED) is 0.766. The number of aromatic carboxylic acids is 1. The van der Waals surface area contributed by atoms with Crippen LogP contribution in [0.4, 0.5) is 0 Å². The molecule has 0 aliphatic carbocycles. The molecule has 7 heteroatoms. The first-order valence-corrected chi connectivity index (χ1v) is 6.26. The number of sulfonamides is 1. The highest BCUT2D eigenvalue weighted by Crippen LogP contribution is 2.17. The minimum atomic E-state index is -3.73. The molecule has 0 aromatic heterocycles. The fourth-order valence-corrected chi connectivity index (χ4v) is 2.67. The summed E-state index contributed by atoms with van der Waals surface area (Å²) in [6.07, 6.45) is 0. The first kappa shape index (κ1) is 13.6. The summed E-state index contributed by atoms with van der Waals surface area (Å²) in [5.74, 6) is -1.16. The molecule has 0 atom stereocenters. The number of aryl methyl sites for hydroxylation is 1. The van der Waals surface area contributed by atoms with Crippen molar-refractivity contribution in [3.05, 3.63) is 29.3 Å². The van der Waals surface area contributed by atoms with Crippen LogP contribution in [0.3, 0.4) is 0 Å². The summed E-state index contributed by atoms with van der Waals surface area (Å²) in [7, 11) is -0.662.